The predicted octanol–water partition coefficient (Wildman–Crippen LogP) is 1.64. The van der Waals surface area contributed by atoms with Crippen molar-refractivity contribution in [1.29, 1.82) is 0 Å². The van der Waals surface area contributed by atoms with Crippen LogP contribution in [0.4, 0.5) is 0 Å². The van der Waals surface area contributed by atoms with Gasteiger partial charge in [0, 0.05) is 38.3 Å². The molecule has 1 atom stereocenters. The summed E-state index contributed by atoms with van der Waals surface area (Å²) in [6.07, 6.45) is 0.909. The van der Waals surface area contributed by atoms with Crippen LogP contribution in [0.25, 0.3) is 11.4 Å². The van der Waals surface area contributed by atoms with E-state index in [0.717, 1.165) is 24.2 Å². The number of hydrogen-bond donors (Lipinski definition) is 3. The number of hydrogen-bond acceptors (Lipinski definition) is 5. The minimum atomic E-state index is -0.712. The van der Waals surface area contributed by atoms with Gasteiger partial charge in [0.2, 0.25) is 5.91 Å². The molecule has 1 aliphatic heterocycles. The summed E-state index contributed by atoms with van der Waals surface area (Å²) in [5, 5.41) is 8.18. The van der Waals surface area contributed by atoms with Crippen LogP contribution in [0.5, 0.6) is 0 Å². The van der Waals surface area contributed by atoms with Crippen molar-refractivity contribution in [3.05, 3.63) is 41.2 Å². The molecule has 9 heteroatoms. The van der Waals surface area contributed by atoms with Crippen LogP contribution < -0.4 is 16.0 Å². The van der Waals surface area contributed by atoms with Gasteiger partial charge in [0.15, 0.2) is 5.69 Å². The zero-order valence-corrected chi connectivity index (χ0v) is 20.3. The highest BCUT2D eigenvalue weighted by Gasteiger charge is 2.34. The Morgan fingerprint density at radius 3 is 2.42 bits per heavy atom. The zero-order valence-electron chi connectivity index (χ0n) is 20.3. The van der Waals surface area contributed by atoms with Gasteiger partial charge in [-0.15, -0.1) is 0 Å². The van der Waals surface area contributed by atoms with Crippen molar-refractivity contribution < 1.29 is 14.4 Å². The Kier molecular flexibility index (Phi) is 7.22. The van der Waals surface area contributed by atoms with E-state index >= 15 is 0 Å². The molecule has 0 aliphatic carbocycles. The van der Waals surface area contributed by atoms with Crippen LogP contribution in [0.1, 0.15) is 53.7 Å². The number of benzene rings is 1. The van der Waals surface area contributed by atoms with E-state index in [1.54, 1.807) is 26.2 Å². The molecular formula is C24H34N6O3. The SMILES string of the molecule is CNC(=O)c1cccc(-c2nc(C(=O)NC(C(=O)NC)C(C)(C)C)c3n2CCCN(C)C3)c1. The van der Waals surface area contributed by atoms with Crippen molar-refractivity contribution >= 4 is 17.7 Å². The molecule has 1 aromatic carbocycles. The van der Waals surface area contributed by atoms with Gasteiger partial charge in [0.25, 0.3) is 11.8 Å². The molecule has 3 N–H and O–H groups in total. The van der Waals surface area contributed by atoms with Crippen molar-refractivity contribution in [2.75, 3.05) is 27.7 Å². The number of rotatable bonds is 5. The molecule has 0 saturated carbocycles. The first-order valence-electron chi connectivity index (χ1n) is 11.2. The largest absolute Gasteiger partial charge is 0.357 e. The van der Waals surface area contributed by atoms with Crippen LogP contribution in [0.2, 0.25) is 0 Å². The second-order valence-corrected chi connectivity index (χ2v) is 9.52. The quantitative estimate of drug-likeness (QED) is 0.637. The Balaban J connectivity index is 2.08. The van der Waals surface area contributed by atoms with Gasteiger partial charge < -0.3 is 25.4 Å². The van der Waals surface area contributed by atoms with Crippen LogP contribution >= 0.6 is 0 Å². The molecule has 3 amide bonds. The number of nitrogens with one attached hydrogen (secondary N) is 3. The van der Waals surface area contributed by atoms with E-state index < -0.39 is 11.5 Å². The summed E-state index contributed by atoms with van der Waals surface area (Å²) in [5.74, 6) is -0.178. The van der Waals surface area contributed by atoms with E-state index in [2.05, 4.69) is 25.4 Å². The lowest BCUT2D eigenvalue weighted by molar-refractivity contribution is -0.124. The molecule has 33 heavy (non-hydrogen) atoms. The molecule has 1 aliphatic rings. The van der Waals surface area contributed by atoms with Crippen molar-refractivity contribution in [2.24, 2.45) is 5.41 Å². The minimum Gasteiger partial charge on any atom is -0.357 e. The van der Waals surface area contributed by atoms with Crippen LogP contribution in [0, 0.1) is 5.41 Å². The number of amides is 3. The number of aromatic nitrogens is 2. The average molecular weight is 455 g/mol. The molecule has 0 saturated heterocycles. The van der Waals surface area contributed by atoms with Gasteiger partial charge in [-0.1, -0.05) is 32.9 Å². The fourth-order valence-electron chi connectivity index (χ4n) is 4.09. The van der Waals surface area contributed by atoms with E-state index in [-0.39, 0.29) is 17.7 Å². The van der Waals surface area contributed by atoms with Crippen LogP contribution in [0.3, 0.4) is 0 Å². The molecule has 0 bridgehead atoms. The average Bonchev–Trinajstić information content (AvgIpc) is 3.02. The summed E-state index contributed by atoms with van der Waals surface area (Å²) in [6.45, 7) is 7.88. The van der Waals surface area contributed by atoms with Gasteiger partial charge in [-0.3, -0.25) is 14.4 Å². The maximum absolute atomic E-state index is 13.4. The highest BCUT2D eigenvalue weighted by atomic mass is 16.2. The molecule has 1 unspecified atom stereocenters. The maximum Gasteiger partial charge on any atom is 0.272 e. The standard InChI is InChI=1S/C24H34N6O3/c1-24(2,3)19(23(33)26-5)28-22(32)18-17-14-29(6)11-8-12-30(17)20(27-18)15-9-7-10-16(13-15)21(31)25-4/h7,9-10,13,19H,8,11-12,14H2,1-6H3,(H,25,31)(H,26,33)(H,28,32). The molecule has 0 radical (unpaired) electrons. The highest BCUT2D eigenvalue weighted by Crippen LogP contribution is 2.28. The van der Waals surface area contributed by atoms with E-state index in [4.69, 9.17) is 4.98 Å². The first-order valence-corrected chi connectivity index (χ1v) is 11.2. The Bertz CT molecular complexity index is 1050. The number of carbonyl (C=O) groups is 3. The molecule has 178 valence electrons. The third-order valence-corrected chi connectivity index (χ3v) is 5.89. The molecule has 0 spiro atoms. The number of likely N-dealkylation sites (N-methyl/N-ethyl adjacent to an activating group) is 1. The second kappa shape index (κ2) is 9.74. The maximum atomic E-state index is 13.4. The van der Waals surface area contributed by atoms with Gasteiger partial charge >= 0.3 is 0 Å². The smallest absolute Gasteiger partial charge is 0.272 e. The lowest BCUT2D eigenvalue weighted by Gasteiger charge is -2.29. The summed E-state index contributed by atoms with van der Waals surface area (Å²) < 4.78 is 2.06. The van der Waals surface area contributed by atoms with Crippen LogP contribution in [-0.4, -0.2) is 65.9 Å². The summed E-state index contributed by atoms with van der Waals surface area (Å²) in [4.78, 5) is 45.0. The van der Waals surface area contributed by atoms with Crippen molar-refractivity contribution in [3.63, 3.8) is 0 Å². The van der Waals surface area contributed by atoms with E-state index in [0.29, 0.717) is 30.2 Å². The summed E-state index contributed by atoms with van der Waals surface area (Å²) >= 11 is 0. The molecule has 2 heterocycles. The third-order valence-electron chi connectivity index (χ3n) is 5.89. The minimum absolute atomic E-state index is 0.184. The lowest BCUT2D eigenvalue weighted by Crippen LogP contribution is -2.53. The zero-order chi connectivity index (χ0) is 24.3. The highest BCUT2D eigenvalue weighted by molar-refractivity contribution is 5.98. The van der Waals surface area contributed by atoms with Crippen molar-refractivity contribution in [1.82, 2.24) is 30.4 Å². The Morgan fingerprint density at radius 2 is 1.79 bits per heavy atom. The molecular weight excluding hydrogens is 420 g/mol. The normalized spacial score (nSPS) is 15.2. The fraction of sp³-hybridized carbons (Fsp3) is 0.500. The number of carbonyl (C=O) groups excluding carboxylic acids is 3. The summed E-state index contributed by atoms with van der Waals surface area (Å²) in [6, 6.07) is 6.52. The van der Waals surface area contributed by atoms with Crippen LogP contribution in [-0.2, 0) is 17.9 Å². The van der Waals surface area contributed by atoms with Gasteiger partial charge in [0.05, 0.1) is 5.69 Å². The van der Waals surface area contributed by atoms with Gasteiger partial charge in [-0.25, -0.2) is 4.98 Å². The molecule has 0 fully saturated rings. The van der Waals surface area contributed by atoms with Gasteiger partial charge in [0.1, 0.15) is 11.9 Å². The topological polar surface area (TPSA) is 108 Å². The summed E-state index contributed by atoms with van der Waals surface area (Å²) in [5.41, 5.74) is 1.92. The predicted molar refractivity (Wildman–Crippen MR) is 127 cm³/mol. The molecule has 9 nitrogen and oxygen atoms in total. The van der Waals surface area contributed by atoms with E-state index in [1.807, 2.05) is 40.0 Å². The molecule has 3 rings (SSSR count). The van der Waals surface area contributed by atoms with Crippen molar-refractivity contribution in [3.8, 4) is 11.4 Å². The fourth-order valence-corrected chi connectivity index (χ4v) is 4.09. The number of imidazole rings is 1. The lowest BCUT2D eigenvalue weighted by atomic mass is 9.86. The number of nitrogens with zero attached hydrogens (tertiary/aromatic N) is 3. The number of fused-ring (bicyclic) bond motifs is 1. The monoisotopic (exact) mass is 454 g/mol. The summed E-state index contributed by atoms with van der Waals surface area (Å²) in [7, 11) is 5.16. The Hall–Kier alpha value is -3.20. The first kappa shape index (κ1) is 24.4. The molecule has 1 aromatic heterocycles. The third kappa shape index (κ3) is 5.24. The van der Waals surface area contributed by atoms with E-state index in [1.165, 1.54) is 0 Å². The Labute approximate surface area is 194 Å². The molecule has 2 aromatic rings. The van der Waals surface area contributed by atoms with Crippen LogP contribution in [0.15, 0.2) is 24.3 Å². The van der Waals surface area contributed by atoms with Gasteiger partial charge in [-0.2, -0.15) is 0 Å². The van der Waals surface area contributed by atoms with E-state index in [9.17, 15) is 14.4 Å². The second-order valence-electron chi connectivity index (χ2n) is 9.52. The Morgan fingerprint density at radius 1 is 1.06 bits per heavy atom. The van der Waals surface area contributed by atoms with Gasteiger partial charge in [-0.05, 0) is 37.6 Å². The van der Waals surface area contributed by atoms with Crippen molar-refractivity contribution in [2.45, 2.75) is 46.3 Å². The first-order chi connectivity index (χ1) is 15.6.